The molecule has 0 atom stereocenters. The van der Waals surface area contributed by atoms with E-state index in [1.54, 1.807) is 0 Å². The Hall–Kier alpha value is 1.33. The first-order valence-electron chi connectivity index (χ1n) is 4.64. The minimum atomic E-state index is -2.97. The first kappa shape index (κ1) is 33.1. The van der Waals surface area contributed by atoms with Crippen molar-refractivity contribution in [3.05, 3.63) is 0 Å². The number of hydrogen-bond acceptors (Lipinski definition) is 8. The number of aliphatic hydroxyl groups excluding tert-OH is 1. The summed E-state index contributed by atoms with van der Waals surface area (Å²) < 4.78 is 0. The van der Waals surface area contributed by atoms with E-state index in [1.807, 2.05) is 6.92 Å². The second-order valence-electron chi connectivity index (χ2n) is 3.14. The summed E-state index contributed by atoms with van der Waals surface area (Å²) in [5, 5.41) is 46.8. The van der Waals surface area contributed by atoms with Crippen LogP contribution in [0.15, 0.2) is 0 Å². The molecule has 0 amide bonds. The summed E-state index contributed by atoms with van der Waals surface area (Å²) in [5.74, 6) is -5.98. The average Bonchev–Trinajstić information content (AvgIpc) is 2.15. The van der Waals surface area contributed by atoms with Crippen molar-refractivity contribution in [3.63, 3.8) is 0 Å². The van der Waals surface area contributed by atoms with Crippen LogP contribution < -0.4 is 104 Å². The van der Waals surface area contributed by atoms with Crippen molar-refractivity contribution in [2.75, 3.05) is 6.61 Å². The van der Waals surface area contributed by atoms with Crippen LogP contribution in [0.5, 0.6) is 0 Å². The third-order valence-electron chi connectivity index (χ3n) is 1.48. The number of aliphatic hydroxyl groups is 2. The molecule has 0 radical (unpaired) electrons. The largest absolute Gasteiger partial charge is 1.00 e. The van der Waals surface area contributed by atoms with Gasteiger partial charge in [-0.05, 0) is 6.42 Å². The van der Waals surface area contributed by atoms with Gasteiger partial charge in [0.05, 0.1) is 5.97 Å². The Kier molecular flexibility index (Phi) is 30.4. The Labute approximate surface area is 182 Å². The molecule has 0 aliphatic carbocycles. The third-order valence-corrected chi connectivity index (χ3v) is 1.48. The van der Waals surface area contributed by atoms with Crippen molar-refractivity contribution in [2.24, 2.45) is 0 Å². The maximum absolute atomic E-state index is 10.1. The molecule has 0 aliphatic rings. The molecule has 0 spiro atoms. The predicted octanol–water partition coefficient (Wildman–Crippen LogP) is -13.9. The summed E-state index contributed by atoms with van der Waals surface area (Å²) in [6.45, 7) is 2.25. The molecule has 20 heavy (non-hydrogen) atoms. The summed E-state index contributed by atoms with van der Waals surface area (Å²) in [6.07, 6.45) is -1.84. The van der Waals surface area contributed by atoms with Gasteiger partial charge < -0.3 is 39.9 Å². The molecule has 100 valence electrons. The van der Waals surface area contributed by atoms with E-state index in [4.69, 9.17) is 10.2 Å². The molecule has 0 fully saturated rings. The summed E-state index contributed by atoms with van der Waals surface area (Å²) in [4.78, 5) is 30.0. The van der Waals surface area contributed by atoms with Gasteiger partial charge in [-0.25, -0.2) is 0 Å². The van der Waals surface area contributed by atoms with Gasteiger partial charge in [0.2, 0.25) is 0 Å². The molecular weight excluding hydrogens is 305 g/mol. The number of aliphatic carboxylic acids is 3. The molecule has 0 saturated heterocycles. The van der Waals surface area contributed by atoms with Crippen LogP contribution in [0.1, 0.15) is 26.2 Å². The van der Waals surface area contributed by atoms with Crippen molar-refractivity contribution < 1.29 is 129 Å². The standard InChI is InChI=1S/C6H8O7.C3H8O.3Na/c7-3(8)1-6(13,5(11)12)2-4(9)10;1-2-3-4;;;/h13H,1-2H2,(H,7,8)(H,9,10)(H,11,12);4H,2-3H2,1H3;;;/q;;3*+1/p-3. The van der Waals surface area contributed by atoms with Gasteiger partial charge >= 0.3 is 88.7 Å². The number of carbonyl (C=O) groups is 3. The van der Waals surface area contributed by atoms with Crippen LogP contribution in [0.3, 0.4) is 0 Å². The molecule has 0 aromatic carbocycles. The van der Waals surface area contributed by atoms with Crippen LogP contribution in [-0.4, -0.2) is 40.3 Å². The monoisotopic (exact) mass is 318 g/mol. The minimum Gasteiger partial charge on any atom is -0.550 e. The zero-order valence-corrected chi connectivity index (χ0v) is 18.2. The van der Waals surface area contributed by atoms with Crippen molar-refractivity contribution in [3.8, 4) is 0 Å². The van der Waals surface area contributed by atoms with Gasteiger partial charge in [0.1, 0.15) is 5.60 Å². The van der Waals surface area contributed by atoms with Gasteiger partial charge in [-0.15, -0.1) is 0 Å². The zero-order valence-electron chi connectivity index (χ0n) is 12.2. The van der Waals surface area contributed by atoms with Gasteiger partial charge in [-0.1, -0.05) is 6.92 Å². The number of hydrogen-bond donors (Lipinski definition) is 2. The second-order valence-corrected chi connectivity index (χ2v) is 3.14. The van der Waals surface area contributed by atoms with Crippen LogP contribution >= 0.6 is 0 Å². The van der Waals surface area contributed by atoms with E-state index in [-0.39, 0.29) is 88.7 Å². The van der Waals surface area contributed by atoms with Crippen LogP contribution in [-0.2, 0) is 14.4 Å². The van der Waals surface area contributed by atoms with Gasteiger partial charge in [-0.2, -0.15) is 0 Å². The van der Waals surface area contributed by atoms with Crippen LogP contribution in [0.25, 0.3) is 0 Å². The normalized spacial score (nSPS) is 8.55. The molecule has 0 unspecified atom stereocenters. The first-order chi connectivity index (χ1) is 7.69. The fourth-order valence-electron chi connectivity index (χ4n) is 0.684. The maximum atomic E-state index is 10.1. The maximum Gasteiger partial charge on any atom is 1.00 e. The van der Waals surface area contributed by atoms with E-state index in [0.717, 1.165) is 6.42 Å². The van der Waals surface area contributed by atoms with Gasteiger partial charge in [0.15, 0.2) is 0 Å². The second kappa shape index (κ2) is 18.4. The quantitative estimate of drug-likeness (QED) is 0.456. The van der Waals surface area contributed by atoms with E-state index >= 15 is 0 Å². The van der Waals surface area contributed by atoms with E-state index in [0.29, 0.717) is 6.61 Å². The Morgan fingerprint density at radius 3 is 1.30 bits per heavy atom. The predicted molar refractivity (Wildman–Crippen MR) is 46.6 cm³/mol. The van der Waals surface area contributed by atoms with Gasteiger partial charge in [-0.3, -0.25) is 0 Å². The number of carbonyl (C=O) groups excluding carboxylic acids is 3. The van der Waals surface area contributed by atoms with Gasteiger partial charge in [0, 0.05) is 31.4 Å². The Bertz CT molecular complexity index is 266. The molecule has 0 saturated carbocycles. The van der Waals surface area contributed by atoms with Crippen molar-refractivity contribution in [2.45, 2.75) is 31.8 Å². The molecule has 11 heteroatoms. The average molecular weight is 318 g/mol. The molecule has 0 aliphatic heterocycles. The molecule has 0 aromatic rings. The summed E-state index contributed by atoms with van der Waals surface area (Å²) in [6, 6.07) is 0. The Balaban J connectivity index is -0.0000000951. The van der Waals surface area contributed by atoms with E-state index in [2.05, 4.69) is 0 Å². The summed E-state index contributed by atoms with van der Waals surface area (Å²) in [7, 11) is 0. The fraction of sp³-hybridized carbons (Fsp3) is 0.667. The molecule has 0 bridgehead atoms. The van der Waals surface area contributed by atoms with Crippen LogP contribution in [0.2, 0.25) is 0 Å². The molecular formula is C9H13Na3O8. The number of rotatable bonds is 6. The minimum absolute atomic E-state index is 0. The van der Waals surface area contributed by atoms with E-state index in [1.165, 1.54) is 0 Å². The zero-order chi connectivity index (χ0) is 14.1. The molecule has 0 aromatic heterocycles. The summed E-state index contributed by atoms with van der Waals surface area (Å²) >= 11 is 0. The Morgan fingerprint density at radius 1 is 0.950 bits per heavy atom. The van der Waals surface area contributed by atoms with Crippen molar-refractivity contribution in [1.29, 1.82) is 0 Å². The van der Waals surface area contributed by atoms with E-state index < -0.39 is 36.4 Å². The number of carboxylic acids is 3. The van der Waals surface area contributed by atoms with Crippen LogP contribution in [0.4, 0.5) is 0 Å². The molecule has 0 heterocycles. The summed E-state index contributed by atoms with van der Waals surface area (Å²) in [5.41, 5.74) is -2.97. The van der Waals surface area contributed by atoms with Crippen molar-refractivity contribution >= 4 is 17.9 Å². The number of carboxylic acid groups (broad SMARTS) is 3. The molecule has 8 nitrogen and oxygen atoms in total. The topological polar surface area (TPSA) is 161 Å². The van der Waals surface area contributed by atoms with Crippen LogP contribution in [0, 0.1) is 0 Å². The third kappa shape index (κ3) is 19.3. The fourth-order valence-corrected chi connectivity index (χ4v) is 0.684. The SMILES string of the molecule is CCCO.O=C([O-])CC(O)(CC(=O)[O-])C(=O)[O-].[Na+].[Na+].[Na+]. The first-order valence-corrected chi connectivity index (χ1v) is 4.64. The Morgan fingerprint density at radius 2 is 1.20 bits per heavy atom. The smallest absolute Gasteiger partial charge is 0.550 e. The van der Waals surface area contributed by atoms with Crippen molar-refractivity contribution in [1.82, 2.24) is 0 Å². The van der Waals surface area contributed by atoms with E-state index in [9.17, 15) is 29.7 Å². The molecule has 2 N–H and O–H groups in total. The van der Waals surface area contributed by atoms with Gasteiger partial charge in [0.25, 0.3) is 0 Å². The molecule has 0 rings (SSSR count).